The van der Waals surface area contributed by atoms with E-state index < -0.39 is 0 Å². The minimum atomic E-state index is -0.163. The van der Waals surface area contributed by atoms with Gasteiger partial charge in [-0.05, 0) is 43.5 Å². The van der Waals surface area contributed by atoms with Gasteiger partial charge in [0.05, 0.1) is 18.4 Å². The van der Waals surface area contributed by atoms with Crippen LogP contribution in [0.5, 0.6) is 0 Å². The Hall–Kier alpha value is -4.05. The molecule has 1 aromatic carbocycles. The molecule has 0 aliphatic rings. The van der Waals surface area contributed by atoms with Crippen molar-refractivity contribution in [2.24, 2.45) is 0 Å². The van der Waals surface area contributed by atoms with Crippen molar-refractivity contribution in [2.75, 3.05) is 0 Å². The van der Waals surface area contributed by atoms with Crippen molar-refractivity contribution < 1.29 is 0 Å². The molecular formula is C26H28ClN9O. The fourth-order valence-corrected chi connectivity index (χ4v) is 4.61. The number of aromatic amines is 1. The van der Waals surface area contributed by atoms with Crippen molar-refractivity contribution in [1.29, 1.82) is 0 Å². The van der Waals surface area contributed by atoms with Gasteiger partial charge in [-0.1, -0.05) is 55.3 Å². The van der Waals surface area contributed by atoms with Crippen LogP contribution in [0.15, 0.2) is 59.8 Å². The van der Waals surface area contributed by atoms with Crippen LogP contribution < -0.4 is 5.69 Å². The third kappa shape index (κ3) is 4.84. The molecule has 0 spiro atoms. The van der Waals surface area contributed by atoms with Gasteiger partial charge in [0.15, 0.2) is 5.82 Å². The van der Waals surface area contributed by atoms with Gasteiger partial charge in [0, 0.05) is 35.3 Å². The van der Waals surface area contributed by atoms with Gasteiger partial charge in [-0.15, -0.1) is 10.2 Å². The van der Waals surface area contributed by atoms with E-state index in [9.17, 15) is 4.79 Å². The zero-order valence-corrected chi connectivity index (χ0v) is 21.7. The largest absolute Gasteiger partial charge is 0.334 e. The predicted molar refractivity (Wildman–Crippen MR) is 142 cm³/mol. The number of H-pyrrole nitrogens is 1. The summed E-state index contributed by atoms with van der Waals surface area (Å²) in [6.45, 7) is 6.51. The molecule has 4 heterocycles. The first-order valence-corrected chi connectivity index (χ1v) is 12.7. The van der Waals surface area contributed by atoms with Crippen molar-refractivity contribution >= 4 is 11.6 Å². The van der Waals surface area contributed by atoms with Crippen molar-refractivity contribution in [3.8, 4) is 28.3 Å². The van der Waals surface area contributed by atoms with Crippen molar-refractivity contribution in [3.05, 3.63) is 81.9 Å². The number of pyridine rings is 1. The number of imidazole rings is 1. The number of rotatable bonds is 9. The highest BCUT2D eigenvalue weighted by Crippen LogP contribution is 2.29. The molecule has 10 nitrogen and oxygen atoms in total. The summed E-state index contributed by atoms with van der Waals surface area (Å²) in [4.78, 5) is 18.3. The number of aryl methyl sites for hydroxylation is 1. The summed E-state index contributed by atoms with van der Waals surface area (Å²) in [5, 5.41) is 19.2. The summed E-state index contributed by atoms with van der Waals surface area (Å²) in [6.07, 6.45) is 8.06. The Bertz CT molecular complexity index is 1550. The van der Waals surface area contributed by atoms with E-state index in [1.807, 2.05) is 62.6 Å². The lowest BCUT2D eigenvalue weighted by Crippen LogP contribution is -2.27. The maximum absolute atomic E-state index is 13.6. The van der Waals surface area contributed by atoms with Crippen LogP contribution >= 0.6 is 11.6 Å². The maximum Gasteiger partial charge on any atom is 0.334 e. The Morgan fingerprint density at radius 1 is 1.08 bits per heavy atom. The summed E-state index contributed by atoms with van der Waals surface area (Å²) < 4.78 is 5.15. The molecule has 0 saturated heterocycles. The first-order valence-electron chi connectivity index (χ1n) is 12.3. The molecule has 37 heavy (non-hydrogen) atoms. The second-order valence-corrected chi connectivity index (χ2v) is 9.54. The second-order valence-electron chi connectivity index (χ2n) is 9.14. The first kappa shape index (κ1) is 24.6. The van der Waals surface area contributed by atoms with Crippen molar-refractivity contribution in [1.82, 2.24) is 44.5 Å². The minimum Gasteiger partial charge on any atom is -0.290 e. The number of nitrogens with zero attached hydrogens (tertiary/aromatic N) is 8. The molecule has 4 aromatic heterocycles. The average Bonchev–Trinajstić information content (AvgIpc) is 3.64. The lowest BCUT2D eigenvalue weighted by atomic mass is 10.0. The van der Waals surface area contributed by atoms with Crippen LogP contribution in [0, 0.1) is 0 Å². The average molecular weight is 518 g/mol. The second kappa shape index (κ2) is 10.5. The zero-order valence-electron chi connectivity index (χ0n) is 21.0. The molecule has 0 atom stereocenters. The molecule has 0 bridgehead atoms. The predicted octanol–water partition coefficient (Wildman–Crippen LogP) is 4.70. The monoisotopic (exact) mass is 517 g/mol. The Morgan fingerprint density at radius 3 is 2.57 bits per heavy atom. The third-order valence-electron chi connectivity index (χ3n) is 6.26. The number of nitrogens with one attached hydrogen (secondary N) is 1. The first-order chi connectivity index (χ1) is 18.0. The van der Waals surface area contributed by atoms with Gasteiger partial charge >= 0.3 is 5.69 Å². The lowest BCUT2D eigenvalue weighted by Gasteiger charge is -2.11. The summed E-state index contributed by atoms with van der Waals surface area (Å²) >= 11 is 6.47. The fourth-order valence-electron chi connectivity index (χ4n) is 4.39. The number of unbranched alkanes of at least 4 members (excludes halogenated alkanes) is 1. The van der Waals surface area contributed by atoms with E-state index in [4.69, 9.17) is 16.6 Å². The van der Waals surface area contributed by atoms with Gasteiger partial charge in [-0.25, -0.2) is 9.48 Å². The van der Waals surface area contributed by atoms with Crippen LogP contribution in [-0.4, -0.2) is 44.5 Å². The molecule has 0 unspecified atom stereocenters. The molecule has 0 aliphatic carbocycles. The highest BCUT2D eigenvalue weighted by atomic mass is 35.5. The van der Waals surface area contributed by atoms with Gasteiger partial charge in [-0.2, -0.15) is 10.3 Å². The smallest absolute Gasteiger partial charge is 0.290 e. The molecule has 0 fully saturated rings. The van der Waals surface area contributed by atoms with E-state index in [0.717, 1.165) is 47.3 Å². The number of benzene rings is 1. The van der Waals surface area contributed by atoms with Crippen LogP contribution in [0.1, 0.15) is 51.0 Å². The maximum atomic E-state index is 13.6. The molecule has 0 aliphatic heterocycles. The summed E-state index contributed by atoms with van der Waals surface area (Å²) in [5.74, 6) is 1.10. The standard InChI is InChI=1S/C26H28ClN9O/c1-4-5-8-20-16-35(25-23(27)14-29-36(25)17(2)3)26(37)34(20)15-19-12-11-18(13-28-19)21-9-6-7-10-22(21)24-30-32-33-31-24/h6-7,9-14,16-17H,4-5,8,15H2,1-3H3,(H,30,31,32,33). The van der Waals surface area contributed by atoms with E-state index >= 15 is 0 Å². The number of hydrogen-bond donors (Lipinski definition) is 1. The highest BCUT2D eigenvalue weighted by molar-refractivity contribution is 6.32. The van der Waals surface area contributed by atoms with E-state index in [2.05, 4.69) is 32.6 Å². The Labute approximate surface area is 218 Å². The summed E-state index contributed by atoms with van der Waals surface area (Å²) in [5.41, 5.74) is 4.29. The number of hydrogen-bond acceptors (Lipinski definition) is 6. The van der Waals surface area contributed by atoms with E-state index in [1.54, 1.807) is 20.0 Å². The van der Waals surface area contributed by atoms with Gasteiger partial charge in [0.1, 0.15) is 5.02 Å². The fraction of sp³-hybridized carbons (Fsp3) is 0.308. The van der Waals surface area contributed by atoms with E-state index in [1.165, 1.54) is 0 Å². The molecule has 5 rings (SSSR count). The quantitative estimate of drug-likeness (QED) is 0.303. The number of aromatic nitrogens is 9. The van der Waals surface area contributed by atoms with Crippen LogP contribution in [0.2, 0.25) is 5.02 Å². The highest BCUT2D eigenvalue weighted by Gasteiger charge is 2.20. The van der Waals surface area contributed by atoms with Crippen LogP contribution in [-0.2, 0) is 13.0 Å². The summed E-state index contributed by atoms with van der Waals surface area (Å²) in [7, 11) is 0. The number of halogens is 1. The normalized spacial score (nSPS) is 11.5. The Morgan fingerprint density at radius 2 is 1.89 bits per heavy atom. The molecule has 0 radical (unpaired) electrons. The van der Waals surface area contributed by atoms with Crippen molar-refractivity contribution in [2.45, 2.75) is 52.6 Å². The number of tetrazole rings is 1. The molecular weight excluding hydrogens is 490 g/mol. The van der Waals surface area contributed by atoms with Gasteiger partial charge in [0.2, 0.25) is 5.82 Å². The van der Waals surface area contributed by atoms with E-state index in [0.29, 0.717) is 23.2 Å². The third-order valence-corrected chi connectivity index (χ3v) is 6.53. The van der Waals surface area contributed by atoms with Crippen LogP contribution in [0.4, 0.5) is 0 Å². The SMILES string of the molecule is CCCCc1cn(-c2c(Cl)cnn2C(C)C)c(=O)n1Cc1ccc(-c2ccccc2-c2nn[nH]n2)cn1. The molecule has 5 aromatic rings. The van der Waals surface area contributed by atoms with Crippen molar-refractivity contribution in [3.63, 3.8) is 0 Å². The summed E-state index contributed by atoms with van der Waals surface area (Å²) in [6, 6.07) is 11.8. The topological polar surface area (TPSA) is 112 Å². The molecule has 0 amide bonds. The Balaban J connectivity index is 1.49. The van der Waals surface area contributed by atoms with Crippen LogP contribution in [0.25, 0.3) is 28.3 Å². The molecule has 11 heteroatoms. The minimum absolute atomic E-state index is 0.0568. The molecule has 0 saturated carbocycles. The van der Waals surface area contributed by atoms with Gasteiger partial charge < -0.3 is 0 Å². The van der Waals surface area contributed by atoms with Crippen LogP contribution in [0.3, 0.4) is 0 Å². The van der Waals surface area contributed by atoms with Gasteiger partial charge in [-0.3, -0.25) is 14.1 Å². The van der Waals surface area contributed by atoms with E-state index in [-0.39, 0.29) is 11.7 Å². The molecule has 190 valence electrons. The Kier molecular flexibility index (Phi) is 7.00. The lowest BCUT2D eigenvalue weighted by molar-refractivity contribution is 0.518. The van der Waals surface area contributed by atoms with Gasteiger partial charge in [0.25, 0.3) is 0 Å². The molecule has 1 N–H and O–H groups in total. The zero-order chi connectivity index (χ0) is 25.9.